The maximum atomic E-state index is 12.7. The first-order valence-electron chi connectivity index (χ1n) is 6.31. The molecule has 21 heavy (non-hydrogen) atoms. The smallest absolute Gasteiger partial charge is 0.419 e. The molecule has 2 aromatic rings. The molecule has 0 aliphatic rings. The van der Waals surface area contributed by atoms with Crippen LogP contribution in [-0.2, 0) is 26.3 Å². The van der Waals surface area contributed by atoms with Crippen molar-refractivity contribution in [2.75, 3.05) is 7.05 Å². The Balaban J connectivity index is 2.11. The molecular formula is C14H16F3N3O. The molecule has 2 rings (SSSR count). The lowest BCUT2D eigenvalue weighted by molar-refractivity contribution is -0.138. The highest BCUT2D eigenvalue weighted by molar-refractivity contribution is 5.38. The number of hydrogen-bond acceptors (Lipinski definition) is 3. The van der Waals surface area contributed by atoms with Crippen LogP contribution in [0, 0.1) is 0 Å². The van der Waals surface area contributed by atoms with Gasteiger partial charge in [-0.2, -0.15) is 13.2 Å². The van der Waals surface area contributed by atoms with Gasteiger partial charge in [0.1, 0.15) is 11.6 Å². The van der Waals surface area contributed by atoms with E-state index in [2.05, 4.69) is 4.98 Å². The van der Waals surface area contributed by atoms with Crippen molar-refractivity contribution in [3.63, 3.8) is 0 Å². The van der Waals surface area contributed by atoms with E-state index in [1.54, 1.807) is 13.2 Å². The first-order valence-corrected chi connectivity index (χ1v) is 6.31. The monoisotopic (exact) mass is 299 g/mol. The van der Waals surface area contributed by atoms with Gasteiger partial charge in [-0.25, -0.2) is 4.98 Å². The molecule has 0 aliphatic carbocycles. The second kappa shape index (κ2) is 5.77. The van der Waals surface area contributed by atoms with Gasteiger partial charge in [0, 0.05) is 26.0 Å². The van der Waals surface area contributed by atoms with Gasteiger partial charge in [0.2, 0.25) is 0 Å². The summed E-state index contributed by atoms with van der Waals surface area (Å²) in [5.74, 6) is 0.0744. The van der Waals surface area contributed by atoms with E-state index < -0.39 is 17.5 Å². The second-order valence-corrected chi connectivity index (χ2v) is 4.98. The number of aryl methyl sites for hydroxylation is 1. The van der Waals surface area contributed by atoms with Crippen molar-refractivity contribution in [2.45, 2.75) is 19.3 Å². The minimum absolute atomic E-state index is 0.330. The van der Waals surface area contributed by atoms with E-state index in [0.717, 1.165) is 18.0 Å². The van der Waals surface area contributed by atoms with Crippen LogP contribution in [0.15, 0.2) is 30.6 Å². The molecule has 1 aromatic heterocycles. The fraction of sp³-hybridized carbons (Fsp3) is 0.357. The summed E-state index contributed by atoms with van der Waals surface area (Å²) in [6.07, 6.45) is -1.07. The Morgan fingerprint density at radius 1 is 1.29 bits per heavy atom. The molecule has 1 aromatic carbocycles. The number of aromatic nitrogens is 2. The SMILES string of the molecule is CN(Cc1ccc(O)c(C(F)(F)F)c1)Cc1nccn1C. The van der Waals surface area contributed by atoms with Gasteiger partial charge in [-0.3, -0.25) is 4.90 Å². The number of aromatic hydroxyl groups is 1. The minimum atomic E-state index is -4.56. The molecule has 0 radical (unpaired) electrons. The standard InChI is InChI=1S/C14H16F3N3O/c1-19(9-13-18-5-6-20(13)2)8-10-3-4-12(21)11(7-10)14(15,16)17/h3-7,21H,8-9H2,1-2H3. The van der Waals surface area contributed by atoms with Crippen molar-refractivity contribution in [2.24, 2.45) is 7.05 Å². The molecular weight excluding hydrogens is 283 g/mol. The summed E-state index contributed by atoms with van der Waals surface area (Å²) in [7, 11) is 3.66. The number of rotatable bonds is 4. The van der Waals surface area contributed by atoms with E-state index in [-0.39, 0.29) is 0 Å². The third-order valence-electron chi connectivity index (χ3n) is 3.15. The first kappa shape index (κ1) is 15.4. The number of benzene rings is 1. The van der Waals surface area contributed by atoms with Crippen molar-refractivity contribution >= 4 is 0 Å². The van der Waals surface area contributed by atoms with Crippen LogP contribution in [0.25, 0.3) is 0 Å². The van der Waals surface area contributed by atoms with Crippen molar-refractivity contribution in [1.29, 1.82) is 0 Å². The second-order valence-electron chi connectivity index (χ2n) is 4.98. The zero-order valence-corrected chi connectivity index (χ0v) is 11.7. The average molecular weight is 299 g/mol. The van der Waals surface area contributed by atoms with Crippen molar-refractivity contribution in [3.8, 4) is 5.75 Å². The number of halogens is 3. The van der Waals surface area contributed by atoms with Crippen LogP contribution in [0.4, 0.5) is 13.2 Å². The van der Waals surface area contributed by atoms with Gasteiger partial charge in [-0.05, 0) is 24.7 Å². The lowest BCUT2D eigenvalue weighted by Crippen LogP contribution is -2.20. The van der Waals surface area contributed by atoms with Gasteiger partial charge < -0.3 is 9.67 Å². The van der Waals surface area contributed by atoms with Gasteiger partial charge in [0.25, 0.3) is 0 Å². The highest BCUT2D eigenvalue weighted by Gasteiger charge is 2.34. The predicted molar refractivity (Wildman–Crippen MR) is 71.5 cm³/mol. The number of phenols is 1. The molecule has 0 unspecified atom stereocenters. The molecule has 0 fully saturated rings. The number of hydrogen-bond donors (Lipinski definition) is 1. The summed E-state index contributed by atoms with van der Waals surface area (Å²) >= 11 is 0. The van der Waals surface area contributed by atoms with Crippen molar-refractivity contribution in [1.82, 2.24) is 14.5 Å². The maximum absolute atomic E-state index is 12.7. The molecule has 1 N–H and O–H groups in total. The fourth-order valence-electron chi connectivity index (χ4n) is 2.07. The average Bonchev–Trinajstić information content (AvgIpc) is 2.76. The highest BCUT2D eigenvalue weighted by Crippen LogP contribution is 2.36. The minimum Gasteiger partial charge on any atom is -0.507 e. The predicted octanol–water partition coefficient (Wildman–Crippen LogP) is 2.78. The number of alkyl halides is 3. The molecule has 0 saturated carbocycles. The summed E-state index contributed by atoms with van der Waals surface area (Å²) in [4.78, 5) is 6.03. The zero-order chi connectivity index (χ0) is 15.6. The van der Waals surface area contributed by atoms with Crippen LogP contribution in [-0.4, -0.2) is 26.6 Å². The molecule has 0 aliphatic heterocycles. The normalized spacial score (nSPS) is 12.1. The quantitative estimate of drug-likeness (QED) is 0.944. The third-order valence-corrected chi connectivity index (χ3v) is 3.15. The van der Waals surface area contributed by atoms with Crippen LogP contribution >= 0.6 is 0 Å². The van der Waals surface area contributed by atoms with E-state index in [1.807, 2.05) is 22.7 Å². The fourth-order valence-corrected chi connectivity index (χ4v) is 2.07. The topological polar surface area (TPSA) is 41.3 Å². The van der Waals surface area contributed by atoms with Gasteiger partial charge in [0.15, 0.2) is 0 Å². The lowest BCUT2D eigenvalue weighted by atomic mass is 10.1. The largest absolute Gasteiger partial charge is 0.507 e. The van der Waals surface area contributed by atoms with E-state index in [1.165, 1.54) is 6.07 Å². The molecule has 0 bridgehead atoms. The molecule has 0 saturated heterocycles. The molecule has 1 heterocycles. The number of nitrogens with zero attached hydrogens (tertiary/aromatic N) is 3. The van der Waals surface area contributed by atoms with E-state index >= 15 is 0 Å². The van der Waals surface area contributed by atoms with Crippen LogP contribution in [0.2, 0.25) is 0 Å². The third kappa shape index (κ3) is 3.75. The number of phenolic OH excluding ortho intramolecular Hbond substituents is 1. The van der Waals surface area contributed by atoms with E-state index in [4.69, 9.17) is 0 Å². The Morgan fingerprint density at radius 3 is 2.57 bits per heavy atom. The lowest BCUT2D eigenvalue weighted by Gasteiger charge is -2.18. The first-order chi connectivity index (χ1) is 9.77. The molecule has 7 heteroatoms. The van der Waals surface area contributed by atoms with Crippen molar-refractivity contribution < 1.29 is 18.3 Å². The molecule has 114 valence electrons. The molecule has 4 nitrogen and oxygen atoms in total. The Bertz CT molecular complexity index is 622. The van der Waals surface area contributed by atoms with Gasteiger partial charge in [-0.15, -0.1) is 0 Å². The van der Waals surface area contributed by atoms with Crippen LogP contribution in [0.5, 0.6) is 5.75 Å². The van der Waals surface area contributed by atoms with Gasteiger partial charge >= 0.3 is 6.18 Å². The summed E-state index contributed by atoms with van der Waals surface area (Å²) in [6.45, 7) is 0.849. The molecule has 0 amide bonds. The Morgan fingerprint density at radius 2 is 2.00 bits per heavy atom. The van der Waals surface area contributed by atoms with E-state index in [9.17, 15) is 18.3 Å². The Labute approximate surface area is 120 Å². The maximum Gasteiger partial charge on any atom is 0.419 e. The Kier molecular flexibility index (Phi) is 4.22. The highest BCUT2D eigenvalue weighted by atomic mass is 19.4. The summed E-state index contributed by atoms with van der Waals surface area (Å²) in [6, 6.07) is 3.54. The van der Waals surface area contributed by atoms with E-state index in [0.29, 0.717) is 18.7 Å². The Hall–Kier alpha value is -2.02. The summed E-state index contributed by atoms with van der Waals surface area (Å²) in [5.41, 5.74) is -0.526. The van der Waals surface area contributed by atoms with Crippen molar-refractivity contribution in [3.05, 3.63) is 47.5 Å². The number of imidazole rings is 1. The summed E-state index contributed by atoms with van der Waals surface area (Å²) < 4.78 is 40.1. The van der Waals surface area contributed by atoms with Gasteiger partial charge in [-0.1, -0.05) is 6.07 Å². The zero-order valence-electron chi connectivity index (χ0n) is 11.7. The van der Waals surface area contributed by atoms with Gasteiger partial charge in [0.05, 0.1) is 12.1 Å². The molecule has 0 atom stereocenters. The van der Waals surface area contributed by atoms with Crippen LogP contribution < -0.4 is 0 Å². The summed E-state index contributed by atoms with van der Waals surface area (Å²) in [5, 5.41) is 9.30. The van der Waals surface area contributed by atoms with Crippen LogP contribution in [0.1, 0.15) is 17.0 Å². The van der Waals surface area contributed by atoms with Crippen LogP contribution in [0.3, 0.4) is 0 Å². The molecule has 0 spiro atoms.